The maximum absolute atomic E-state index is 11.9. The van der Waals surface area contributed by atoms with Gasteiger partial charge in [-0.3, -0.25) is 14.5 Å². The topological polar surface area (TPSA) is 37.4 Å². The Kier molecular flexibility index (Phi) is 4.15. The van der Waals surface area contributed by atoms with Crippen LogP contribution in [0.2, 0.25) is 5.02 Å². The van der Waals surface area contributed by atoms with Crippen LogP contribution in [0.1, 0.15) is 12.0 Å². The van der Waals surface area contributed by atoms with Gasteiger partial charge in [0.25, 0.3) is 11.1 Å². The minimum absolute atomic E-state index is 0.196. The molecule has 0 radical (unpaired) electrons. The third-order valence-electron chi connectivity index (χ3n) is 3.35. The Morgan fingerprint density at radius 3 is 2.62 bits per heavy atom. The second-order valence-electron chi connectivity index (χ2n) is 4.79. The highest BCUT2D eigenvalue weighted by Gasteiger charge is 2.33. The first-order chi connectivity index (χ1) is 10.0. The number of allylic oxidation sites excluding steroid dienone is 1. The third-order valence-corrected chi connectivity index (χ3v) is 5.65. The van der Waals surface area contributed by atoms with Gasteiger partial charge in [0.2, 0.25) is 0 Å². The van der Waals surface area contributed by atoms with Gasteiger partial charge in [0.1, 0.15) is 0 Å². The van der Waals surface area contributed by atoms with E-state index in [0.29, 0.717) is 4.91 Å². The van der Waals surface area contributed by atoms with Gasteiger partial charge in [-0.05, 0) is 46.9 Å². The van der Waals surface area contributed by atoms with Crippen LogP contribution in [0.25, 0.3) is 5.57 Å². The predicted octanol–water partition coefficient (Wildman–Crippen LogP) is 4.40. The predicted molar refractivity (Wildman–Crippen MR) is 89.3 cm³/mol. The van der Waals surface area contributed by atoms with Crippen molar-refractivity contribution in [3.63, 3.8) is 0 Å². The third kappa shape index (κ3) is 3.05. The summed E-state index contributed by atoms with van der Waals surface area (Å²) in [5.74, 6) is -0.203. The van der Waals surface area contributed by atoms with Crippen LogP contribution in [-0.2, 0) is 4.79 Å². The lowest BCUT2D eigenvalue weighted by Gasteiger charge is -2.06. The molecule has 108 valence electrons. The molecule has 2 amide bonds. The first-order valence-electron chi connectivity index (χ1n) is 6.37. The van der Waals surface area contributed by atoms with Crippen LogP contribution < -0.4 is 0 Å². The van der Waals surface area contributed by atoms with E-state index in [0.717, 1.165) is 33.7 Å². The van der Waals surface area contributed by atoms with Gasteiger partial charge in [-0.25, -0.2) is 0 Å². The largest absolute Gasteiger partial charge is 0.293 e. The molecule has 0 spiro atoms. The normalized spacial score (nSPS) is 24.1. The molecule has 3 nitrogen and oxygen atoms in total. The Morgan fingerprint density at radius 1 is 1.29 bits per heavy atom. The summed E-state index contributed by atoms with van der Waals surface area (Å²) < 4.78 is 0. The lowest BCUT2D eigenvalue weighted by molar-refractivity contribution is -0.121. The molecule has 6 heteroatoms. The molecule has 1 saturated heterocycles. The summed E-state index contributed by atoms with van der Waals surface area (Å²) in [6.45, 7) is 0. The monoisotopic (exact) mass is 337 g/mol. The number of thioether (sulfide) groups is 2. The number of amides is 2. The van der Waals surface area contributed by atoms with E-state index in [4.69, 9.17) is 11.6 Å². The van der Waals surface area contributed by atoms with Gasteiger partial charge < -0.3 is 0 Å². The molecule has 2 heterocycles. The summed E-state index contributed by atoms with van der Waals surface area (Å²) in [5.41, 5.74) is 2.38. The van der Waals surface area contributed by atoms with Gasteiger partial charge in [0, 0.05) is 17.3 Å². The highest BCUT2D eigenvalue weighted by molar-refractivity contribution is 8.18. The van der Waals surface area contributed by atoms with E-state index in [2.05, 4.69) is 5.41 Å². The average molecular weight is 338 g/mol. The van der Waals surface area contributed by atoms with Crippen LogP contribution in [0.5, 0.6) is 0 Å². The number of likely N-dealkylation sites (N-methyl/N-ethyl adjacent to an activating group) is 1. The number of hydrogen-bond donors (Lipinski definition) is 0. The molecular formula is C15H12ClNO2S2. The Hall–Kier alpha value is -1.17. The molecule has 1 aromatic rings. The molecule has 2 aliphatic heterocycles. The minimum Gasteiger partial charge on any atom is -0.272 e. The number of imide groups is 1. The van der Waals surface area contributed by atoms with E-state index >= 15 is 0 Å². The van der Waals surface area contributed by atoms with Crippen molar-refractivity contribution >= 4 is 51.8 Å². The first-order valence-corrected chi connectivity index (χ1v) is 8.50. The molecule has 2 aliphatic rings. The molecular weight excluding hydrogens is 326 g/mol. The fourth-order valence-corrected chi connectivity index (χ4v) is 4.30. The van der Waals surface area contributed by atoms with Crippen LogP contribution in [0.3, 0.4) is 0 Å². The standard InChI is InChI=1S/C15H12ClNO2S2/c1-17-14(18)13(21-15(17)19)7-12-6-10(8-20-12)9-2-4-11(16)5-3-9/h2-5,7-8,12H,6H2,1H3/b13-7-. The maximum Gasteiger partial charge on any atom is 0.293 e. The van der Waals surface area contributed by atoms with Gasteiger partial charge in [0.15, 0.2) is 0 Å². The van der Waals surface area contributed by atoms with Crippen LogP contribution in [-0.4, -0.2) is 28.3 Å². The molecule has 1 fully saturated rings. The smallest absolute Gasteiger partial charge is 0.272 e. The van der Waals surface area contributed by atoms with Crippen molar-refractivity contribution in [2.45, 2.75) is 11.7 Å². The number of hydrogen-bond acceptors (Lipinski definition) is 4. The van der Waals surface area contributed by atoms with Crippen LogP contribution in [0, 0.1) is 0 Å². The van der Waals surface area contributed by atoms with Gasteiger partial charge in [-0.15, -0.1) is 11.8 Å². The second kappa shape index (κ2) is 5.91. The Morgan fingerprint density at radius 2 is 2.00 bits per heavy atom. The average Bonchev–Trinajstić information content (AvgIpc) is 3.02. The van der Waals surface area contributed by atoms with Crippen molar-refractivity contribution in [3.05, 3.63) is 51.2 Å². The quantitative estimate of drug-likeness (QED) is 0.750. The molecule has 0 saturated carbocycles. The van der Waals surface area contributed by atoms with Crippen molar-refractivity contribution in [1.29, 1.82) is 0 Å². The van der Waals surface area contributed by atoms with Crippen LogP contribution in [0.15, 0.2) is 40.7 Å². The summed E-state index contributed by atoms with van der Waals surface area (Å²) in [5, 5.41) is 2.82. The second-order valence-corrected chi connectivity index (χ2v) is 7.33. The molecule has 21 heavy (non-hydrogen) atoms. The van der Waals surface area contributed by atoms with Crippen molar-refractivity contribution in [3.8, 4) is 0 Å². The molecule has 1 unspecified atom stereocenters. The molecule has 3 rings (SSSR count). The number of carbonyl (C=O) groups is 2. The molecule has 0 N–H and O–H groups in total. The molecule has 1 atom stereocenters. The van der Waals surface area contributed by atoms with E-state index < -0.39 is 0 Å². The summed E-state index contributed by atoms with van der Waals surface area (Å²) >= 11 is 8.58. The Balaban J connectivity index is 1.71. The van der Waals surface area contributed by atoms with Gasteiger partial charge in [-0.2, -0.15) is 0 Å². The van der Waals surface area contributed by atoms with E-state index in [1.54, 1.807) is 11.8 Å². The first kappa shape index (κ1) is 14.8. The van der Waals surface area contributed by atoms with E-state index in [1.165, 1.54) is 12.6 Å². The summed E-state index contributed by atoms with van der Waals surface area (Å²) in [4.78, 5) is 25.0. The maximum atomic E-state index is 11.9. The van der Waals surface area contributed by atoms with E-state index in [-0.39, 0.29) is 16.4 Å². The zero-order valence-electron chi connectivity index (χ0n) is 11.2. The van der Waals surface area contributed by atoms with Crippen molar-refractivity contribution < 1.29 is 9.59 Å². The highest BCUT2D eigenvalue weighted by atomic mass is 35.5. The molecule has 0 bridgehead atoms. The zero-order chi connectivity index (χ0) is 15.0. The molecule has 1 aromatic carbocycles. The van der Waals surface area contributed by atoms with Crippen molar-refractivity contribution in [2.75, 3.05) is 7.05 Å². The van der Waals surface area contributed by atoms with Crippen LogP contribution >= 0.6 is 35.1 Å². The van der Waals surface area contributed by atoms with E-state index in [1.807, 2.05) is 30.3 Å². The fourth-order valence-electron chi connectivity index (χ4n) is 2.16. The van der Waals surface area contributed by atoms with Crippen LogP contribution in [0.4, 0.5) is 4.79 Å². The lowest BCUT2D eigenvalue weighted by atomic mass is 10.0. The van der Waals surface area contributed by atoms with Crippen molar-refractivity contribution in [1.82, 2.24) is 4.90 Å². The van der Waals surface area contributed by atoms with Crippen molar-refractivity contribution in [2.24, 2.45) is 0 Å². The van der Waals surface area contributed by atoms with Gasteiger partial charge in [-0.1, -0.05) is 29.8 Å². The summed E-state index contributed by atoms with van der Waals surface area (Å²) in [7, 11) is 1.51. The number of nitrogens with zero attached hydrogens (tertiary/aromatic N) is 1. The van der Waals surface area contributed by atoms with Gasteiger partial charge >= 0.3 is 0 Å². The zero-order valence-corrected chi connectivity index (χ0v) is 13.6. The fraction of sp³-hybridized carbons (Fsp3) is 0.200. The van der Waals surface area contributed by atoms with Gasteiger partial charge in [0.05, 0.1) is 4.91 Å². The van der Waals surface area contributed by atoms with E-state index in [9.17, 15) is 9.59 Å². The number of benzene rings is 1. The summed E-state index contributed by atoms with van der Waals surface area (Å²) in [6, 6.07) is 7.74. The summed E-state index contributed by atoms with van der Waals surface area (Å²) in [6.07, 6.45) is 2.75. The molecule has 0 aromatic heterocycles. The minimum atomic E-state index is -0.208. The number of halogens is 1. The number of carbonyl (C=O) groups excluding carboxylic acids is 2. The SMILES string of the molecule is CN1C(=O)S/C(=C\C2CC(c3ccc(Cl)cc3)=CS2)C1=O. The molecule has 0 aliphatic carbocycles. The Labute approximate surface area is 136 Å². The number of rotatable bonds is 2. The lowest BCUT2D eigenvalue weighted by Crippen LogP contribution is -2.22. The Bertz CT molecular complexity index is 667. The highest BCUT2D eigenvalue weighted by Crippen LogP contribution is 2.39.